The van der Waals surface area contributed by atoms with Crippen LogP contribution in [0, 0.1) is 45.3 Å². The normalized spacial score (nSPS) is 42.8. The number of Topliss-reactive ketones (excluding diaryl/α,β-unsaturated/α-hetero) is 3. The van der Waals surface area contributed by atoms with Crippen molar-refractivity contribution in [2.75, 3.05) is 7.11 Å². The van der Waals surface area contributed by atoms with Gasteiger partial charge in [0.2, 0.25) is 0 Å². The maximum absolute atomic E-state index is 14.2. The van der Waals surface area contributed by atoms with Crippen LogP contribution in [0.25, 0.3) is 0 Å². The molecule has 4 rings (SSSR count). The van der Waals surface area contributed by atoms with E-state index in [9.17, 15) is 34.5 Å². The van der Waals surface area contributed by atoms with E-state index >= 15 is 0 Å². The van der Waals surface area contributed by atoms with E-state index in [1.165, 1.54) is 7.11 Å². The molecule has 4 aliphatic rings. The molecule has 0 bridgehead atoms. The lowest BCUT2D eigenvalue weighted by molar-refractivity contribution is -0.159. The first-order valence-corrected chi connectivity index (χ1v) is 14.4. The zero-order chi connectivity index (χ0) is 29.5. The standard InChI is InChI=1S/C31H46O8/c1-15(11-17(32)12-16(2)27(38)39-8)18-13-22(35)31(7)23-19(33)14-20-28(3,4)21(34)9-10-29(20,5)24(23)25(36)26(37)30(18,31)6/h15-16,18-21,26,33-34,37H,9-14H2,1-8H3/t15-,16+,18-,19+,20+,21+,26-,29+,30+,31+/m1/s1. The van der Waals surface area contributed by atoms with Gasteiger partial charge in [0.15, 0.2) is 5.78 Å². The van der Waals surface area contributed by atoms with E-state index in [0.29, 0.717) is 30.4 Å². The van der Waals surface area contributed by atoms with E-state index in [1.54, 1.807) is 20.8 Å². The Morgan fingerprint density at radius 1 is 1.03 bits per heavy atom. The maximum Gasteiger partial charge on any atom is 0.308 e. The first kappa shape index (κ1) is 30.1. The number of carbonyl (C=O) groups is 4. The molecule has 8 nitrogen and oxygen atoms in total. The summed E-state index contributed by atoms with van der Waals surface area (Å²) in [6.45, 7) is 12.9. The van der Waals surface area contributed by atoms with Crippen molar-refractivity contribution in [2.45, 2.75) is 105 Å². The highest BCUT2D eigenvalue weighted by molar-refractivity contribution is 6.07. The zero-order valence-corrected chi connectivity index (χ0v) is 24.7. The number of aliphatic hydroxyl groups excluding tert-OH is 3. The van der Waals surface area contributed by atoms with Crippen LogP contribution in [0.1, 0.15) is 87.0 Å². The Labute approximate surface area is 231 Å². The van der Waals surface area contributed by atoms with Crippen molar-refractivity contribution < 1.29 is 39.2 Å². The molecule has 10 atom stereocenters. The minimum atomic E-state index is -1.47. The molecule has 2 fully saturated rings. The van der Waals surface area contributed by atoms with Crippen molar-refractivity contribution in [3.05, 3.63) is 11.1 Å². The fourth-order valence-corrected chi connectivity index (χ4v) is 9.33. The van der Waals surface area contributed by atoms with Gasteiger partial charge >= 0.3 is 5.97 Å². The molecule has 0 radical (unpaired) electrons. The molecule has 3 N–H and O–H groups in total. The van der Waals surface area contributed by atoms with Gasteiger partial charge in [-0.3, -0.25) is 19.2 Å². The van der Waals surface area contributed by atoms with Crippen molar-refractivity contribution >= 4 is 23.3 Å². The van der Waals surface area contributed by atoms with Gasteiger partial charge in [-0.05, 0) is 60.3 Å². The van der Waals surface area contributed by atoms with Crippen LogP contribution in [0.3, 0.4) is 0 Å². The van der Waals surface area contributed by atoms with E-state index < -0.39 is 63.6 Å². The lowest BCUT2D eigenvalue weighted by atomic mass is 9.42. The lowest BCUT2D eigenvalue weighted by Crippen LogP contribution is -2.64. The molecule has 0 spiro atoms. The van der Waals surface area contributed by atoms with Crippen molar-refractivity contribution in [3.8, 4) is 0 Å². The highest BCUT2D eigenvalue weighted by atomic mass is 16.5. The average Bonchev–Trinajstić information content (AvgIpc) is 3.07. The van der Waals surface area contributed by atoms with E-state index in [0.717, 1.165) is 0 Å². The van der Waals surface area contributed by atoms with Gasteiger partial charge in [0, 0.05) is 30.3 Å². The number of esters is 1. The summed E-state index contributed by atoms with van der Waals surface area (Å²) in [5, 5.41) is 34.2. The number of hydrogen-bond donors (Lipinski definition) is 3. The minimum Gasteiger partial charge on any atom is -0.469 e. The van der Waals surface area contributed by atoms with Crippen LogP contribution in [0.5, 0.6) is 0 Å². The molecule has 0 amide bonds. The van der Waals surface area contributed by atoms with E-state index in [4.69, 9.17) is 4.74 Å². The first-order chi connectivity index (χ1) is 17.9. The van der Waals surface area contributed by atoms with Crippen molar-refractivity contribution in [2.24, 2.45) is 45.3 Å². The summed E-state index contributed by atoms with van der Waals surface area (Å²) in [5.74, 6) is -2.77. The second kappa shape index (κ2) is 9.59. The van der Waals surface area contributed by atoms with Crippen LogP contribution in [-0.2, 0) is 23.9 Å². The summed E-state index contributed by atoms with van der Waals surface area (Å²) in [6.07, 6.45) is -1.55. The molecule has 0 aromatic carbocycles. The fourth-order valence-electron chi connectivity index (χ4n) is 9.33. The summed E-state index contributed by atoms with van der Waals surface area (Å²) < 4.78 is 4.73. The topological polar surface area (TPSA) is 138 Å². The summed E-state index contributed by atoms with van der Waals surface area (Å²) in [6, 6.07) is 0. The molecular weight excluding hydrogens is 500 g/mol. The molecule has 0 aromatic rings. The van der Waals surface area contributed by atoms with E-state index in [2.05, 4.69) is 0 Å². The second-order valence-corrected chi connectivity index (χ2v) is 14.1. The van der Waals surface area contributed by atoms with Gasteiger partial charge in [0.05, 0.1) is 30.7 Å². The summed E-state index contributed by atoms with van der Waals surface area (Å²) in [4.78, 5) is 52.9. The molecule has 8 heteroatoms. The molecule has 0 unspecified atom stereocenters. The summed E-state index contributed by atoms with van der Waals surface area (Å²) in [5.41, 5.74) is -2.91. The van der Waals surface area contributed by atoms with Gasteiger partial charge in [0.1, 0.15) is 17.7 Å². The molecule has 0 heterocycles. The molecule has 4 aliphatic carbocycles. The third-order valence-corrected chi connectivity index (χ3v) is 11.9. The molecule has 0 saturated heterocycles. The predicted octanol–water partition coefficient (Wildman–Crippen LogP) is 3.19. The minimum absolute atomic E-state index is 0.0164. The third kappa shape index (κ3) is 3.95. The Morgan fingerprint density at radius 2 is 1.64 bits per heavy atom. The highest BCUT2D eigenvalue weighted by Gasteiger charge is 2.73. The largest absolute Gasteiger partial charge is 0.469 e. The molecule has 2 saturated carbocycles. The van der Waals surface area contributed by atoms with Crippen LogP contribution in [-0.4, -0.2) is 64.1 Å². The Morgan fingerprint density at radius 3 is 2.23 bits per heavy atom. The van der Waals surface area contributed by atoms with Gasteiger partial charge in [-0.15, -0.1) is 0 Å². The first-order valence-electron chi connectivity index (χ1n) is 14.4. The number of methoxy groups -OCH3 is 1. The average molecular weight is 547 g/mol. The van der Waals surface area contributed by atoms with Crippen LogP contribution in [0.15, 0.2) is 11.1 Å². The monoisotopic (exact) mass is 546 g/mol. The second-order valence-electron chi connectivity index (χ2n) is 14.1. The van der Waals surface area contributed by atoms with Crippen molar-refractivity contribution in [3.63, 3.8) is 0 Å². The molecule has 0 aliphatic heterocycles. The number of hydrogen-bond acceptors (Lipinski definition) is 8. The van der Waals surface area contributed by atoms with Gasteiger partial charge in [-0.1, -0.05) is 41.5 Å². The molecule has 218 valence electrons. The Balaban J connectivity index is 1.76. The van der Waals surface area contributed by atoms with Gasteiger partial charge in [-0.25, -0.2) is 0 Å². The van der Waals surface area contributed by atoms with Crippen LogP contribution >= 0.6 is 0 Å². The van der Waals surface area contributed by atoms with E-state index in [1.807, 2.05) is 27.7 Å². The fraction of sp³-hybridized carbons (Fsp3) is 0.806. The highest BCUT2D eigenvalue weighted by Crippen LogP contribution is 2.70. The number of aliphatic hydroxyl groups is 3. The number of ketones is 3. The van der Waals surface area contributed by atoms with Gasteiger partial charge < -0.3 is 20.1 Å². The van der Waals surface area contributed by atoms with Crippen molar-refractivity contribution in [1.82, 2.24) is 0 Å². The number of fused-ring (bicyclic) bond motifs is 4. The van der Waals surface area contributed by atoms with Crippen LogP contribution in [0.2, 0.25) is 0 Å². The molecule has 39 heavy (non-hydrogen) atoms. The summed E-state index contributed by atoms with van der Waals surface area (Å²) in [7, 11) is 1.28. The lowest BCUT2D eigenvalue weighted by Gasteiger charge is -2.62. The Bertz CT molecular complexity index is 1120. The number of carbonyl (C=O) groups excluding carboxylic acids is 4. The quantitative estimate of drug-likeness (QED) is 0.432. The van der Waals surface area contributed by atoms with Crippen LogP contribution in [0.4, 0.5) is 0 Å². The van der Waals surface area contributed by atoms with Gasteiger partial charge in [-0.2, -0.15) is 0 Å². The smallest absolute Gasteiger partial charge is 0.308 e. The maximum atomic E-state index is 14.2. The summed E-state index contributed by atoms with van der Waals surface area (Å²) >= 11 is 0. The molecular formula is C31H46O8. The van der Waals surface area contributed by atoms with Crippen molar-refractivity contribution in [1.29, 1.82) is 0 Å². The Kier molecular flexibility index (Phi) is 7.39. The number of ether oxygens (including phenoxy) is 1. The molecule has 0 aromatic heterocycles. The number of rotatable bonds is 6. The zero-order valence-electron chi connectivity index (χ0n) is 24.7. The third-order valence-electron chi connectivity index (χ3n) is 11.9. The Hall–Kier alpha value is -1.90. The predicted molar refractivity (Wildman–Crippen MR) is 143 cm³/mol. The van der Waals surface area contributed by atoms with E-state index in [-0.39, 0.29) is 42.7 Å². The van der Waals surface area contributed by atoms with Crippen LogP contribution < -0.4 is 0 Å². The SMILES string of the molecule is COC(=O)[C@@H](C)CC(=O)C[C@@H](C)[C@H]1CC(=O)[C@@]2(C)C3=C(C(=O)[C@@H](O)[C@]12C)[C@@]1(C)CC[C@H](O)C(C)(C)[C@@H]1C[C@@H]3O. The van der Waals surface area contributed by atoms with Gasteiger partial charge in [0.25, 0.3) is 0 Å².